The van der Waals surface area contributed by atoms with Crippen LogP contribution in [0.3, 0.4) is 0 Å². The van der Waals surface area contributed by atoms with E-state index in [1.807, 2.05) is 6.20 Å². The fraction of sp³-hybridized carbons (Fsp3) is 0.682. The summed E-state index contributed by atoms with van der Waals surface area (Å²) in [5, 5.41) is 34.9. The van der Waals surface area contributed by atoms with Crippen LogP contribution in [0.2, 0.25) is 4.34 Å². The molecule has 1 spiro atoms. The van der Waals surface area contributed by atoms with Gasteiger partial charge in [-0.2, -0.15) is 5.10 Å². The van der Waals surface area contributed by atoms with E-state index in [1.165, 1.54) is 17.4 Å². The Hall–Kier alpha value is -1.14. The zero-order chi connectivity index (χ0) is 24.2. The monoisotopic (exact) mass is 505 g/mol. The normalized spacial score (nSPS) is 29.6. The fourth-order valence-corrected chi connectivity index (χ4v) is 6.13. The van der Waals surface area contributed by atoms with Gasteiger partial charge < -0.3 is 20.1 Å². The predicted octanol–water partition coefficient (Wildman–Crippen LogP) is 3.09. The molecule has 33 heavy (non-hydrogen) atoms. The maximum absolute atomic E-state index is 13.7. The second kappa shape index (κ2) is 8.82. The van der Waals surface area contributed by atoms with Crippen molar-refractivity contribution in [1.29, 1.82) is 0 Å². The molecule has 1 saturated heterocycles. The average molecular weight is 506 g/mol. The molecular weight excluding hydrogens is 476 g/mol. The lowest BCUT2D eigenvalue weighted by Crippen LogP contribution is -2.54. The number of hydrogen-bond acceptors (Lipinski definition) is 7. The molecule has 0 bridgehead atoms. The molecule has 0 aliphatic carbocycles. The minimum Gasteiger partial charge on any atom is -0.388 e. The third-order valence-electron chi connectivity index (χ3n) is 6.81. The zero-order valence-electron chi connectivity index (χ0n) is 18.8. The lowest BCUT2D eigenvalue weighted by Gasteiger charge is -2.49. The number of hydrogen-bond donors (Lipinski definition) is 3. The minimum absolute atomic E-state index is 0.0792. The molecule has 4 rings (SSSR count). The number of alkyl halides is 2. The molecule has 2 aliphatic rings. The topological polar surface area (TPSA) is 91.0 Å². The Labute approximate surface area is 200 Å². The van der Waals surface area contributed by atoms with Gasteiger partial charge in [-0.25, -0.2) is 8.78 Å². The van der Waals surface area contributed by atoms with E-state index >= 15 is 0 Å². The predicted molar refractivity (Wildman–Crippen MR) is 120 cm³/mol. The quantitative estimate of drug-likeness (QED) is 0.559. The van der Waals surface area contributed by atoms with Gasteiger partial charge in [0.25, 0.3) is 6.43 Å². The van der Waals surface area contributed by atoms with Crippen molar-refractivity contribution in [2.75, 3.05) is 13.2 Å². The number of aromatic nitrogens is 2. The van der Waals surface area contributed by atoms with Crippen molar-refractivity contribution < 1.29 is 28.8 Å². The molecule has 4 atom stereocenters. The molecule has 1 fully saturated rings. The van der Waals surface area contributed by atoms with Gasteiger partial charge in [0.1, 0.15) is 11.7 Å². The van der Waals surface area contributed by atoms with E-state index in [0.717, 1.165) is 5.56 Å². The zero-order valence-corrected chi connectivity index (χ0v) is 20.4. The summed E-state index contributed by atoms with van der Waals surface area (Å²) in [6.07, 6.45) is 0.853. The van der Waals surface area contributed by atoms with Crippen molar-refractivity contribution in [2.24, 2.45) is 0 Å². The minimum atomic E-state index is -2.97. The Morgan fingerprint density at radius 2 is 2.15 bits per heavy atom. The molecule has 7 nitrogen and oxygen atoms in total. The van der Waals surface area contributed by atoms with E-state index in [4.69, 9.17) is 16.3 Å². The molecule has 1 unspecified atom stereocenters. The second-order valence-corrected chi connectivity index (χ2v) is 11.5. The van der Waals surface area contributed by atoms with Crippen LogP contribution in [-0.2, 0) is 29.0 Å². The van der Waals surface area contributed by atoms with Crippen molar-refractivity contribution in [1.82, 2.24) is 14.7 Å². The number of aliphatic hydroxyl groups is 3. The summed E-state index contributed by atoms with van der Waals surface area (Å²) < 4.78 is 35.3. The Balaban J connectivity index is 1.46. The maximum atomic E-state index is 13.7. The van der Waals surface area contributed by atoms with Crippen LogP contribution in [0.4, 0.5) is 8.78 Å². The number of likely N-dealkylation sites (tertiary alicyclic amines) is 1. The van der Waals surface area contributed by atoms with Gasteiger partial charge in [0, 0.05) is 41.3 Å². The second-order valence-electron chi connectivity index (χ2n) is 9.81. The number of ether oxygens (including phenoxy) is 1. The van der Waals surface area contributed by atoms with Gasteiger partial charge >= 0.3 is 0 Å². The first-order chi connectivity index (χ1) is 15.3. The van der Waals surface area contributed by atoms with Crippen LogP contribution in [0, 0.1) is 0 Å². The molecule has 0 saturated carbocycles. The van der Waals surface area contributed by atoms with Gasteiger partial charge in [0.05, 0.1) is 29.3 Å². The van der Waals surface area contributed by atoms with Gasteiger partial charge in [0.15, 0.2) is 5.60 Å². The van der Waals surface area contributed by atoms with Crippen LogP contribution >= 0.6 is 22.9 Å². The molecule has 11 heteroatoms. The molecule has 3 N–H and O–H groups in total. The van der Waals surface area contributed by atoms with Gasteiger partial charge in [-0.3, -0.25) is 9.58 Å². The van der Waals surface area contributed by atoms with E-state index in [0.29, 0.717) is 35.1 Å². The summed E-state index contributed by atoms with van der Waals surface area (Å²) in [6.45, 7) is 6.19. The van der Waals surface area contributed by atoms with Crippen LogP contribution in [0.25, 0.3) is 0 Å². The number of thiophene rings is 1. The van der Waals surface area contributed by atoms with E-state index in [9.17, 15) is 24.1 Å². The van der Waals surface area contributed by atoms with E-state index in [1.54, 1.807) is 24.7 Å². The summed E-state index contributed by atoms with van der Waals surface area (Å²) in [7, 11) is 0. The van der Waals surface area contributed by atoms with Crippen LogP contribution in [0.5, 0.6) is 0 Å². The lowest BCUT2D eigenvalue weighted by atomic mass is 9.78. The largest absolute Gasteiger partial charge is 0.388 e. The average Bonchev–Trinajstić information content (AvgIpc) is 3.33. The molecule has 0 radical (unpaired) electrons. The molecule has 4 heterocycles. The number of aliphatic hydroxyl groups excluding tert-OH is 1. The SMILES string of the molecule is C[C@H]1C[C@@]2(CCN1Cc1cnn(CC(O)C(C)(C)O)c1)OC[C@@](O)(C(F)F)c1cc(Cl)sc12. The highest BCUT2D eigenvalue weighted by Gasteiger charge is 2.54. The Kier molecular flexibility index (Phi) is 6.67. The van der Waals surface area contributed by atoms with Gasteiger partial charge in [0.2, 0.25) is 0 Å². The molecule has 2 aliphatic heterocycles. The van der Waals surface area contributed by atoms with Crippen molar-refractivity contribution >= 4 is 22.9 Å². The smallest absolute Gasteiger partial charge is 0.273 e. The van der Waals surface area contributed by atoms with E-state index in [2.05, 4.69) is 16.9 Å². The first-order valence-corrected chi connectivity index (χ1v) is 12.1. The molecule has 2 aromatic heterocycles. The maximum Gasteiger partial charge on any atom is 0.273 e. The van der Waals surface area contributed by atoms with Gasteiger partial charge in [-0.1, -0.05) is 11.6 Å². The van der Waals surface area contributed by atoms with E-state index < -0.39 is 35.9 Å². The lowest BCUT2D eigenvalue weighted by molar-refractivity contribution is -0.210. The summed E-state index contributed by atoms with van der Waals surface area (Å²) in [4.78, 5) is 2.87. The summed E-state index contributed by atoms with van der Waals surface area (Å²) in [5.74, 6) is 0. The summed E-state index contributed by atoms with van der Waals surface area (Å²) in [5.41, 5.74) is -3.15. The molecule has 0 aromatic carbocycles. The van der Waals surface area contributed by atoms with Crippen LogP contribution in [-0.4, -0.2) is 67.3 Å². The molecule has 2 aromatic rings. The fourth-order valence-electron chi connectivity index (χ4n) is 4.64. The molecule has 0 amide bonds. The van der Waals surface area contributed by atoms with Crippen LogP contribution in [0.15, 0.2) is 18.5 Å². The molecule has 184 valence electrons. The standard InChI is InChI=1S/C22H30ClF2N3O4S/c1-13-7-21(18-15(6-17(23)33-18)22(31,12-32-21)19(24)25)4-5-27(13)9-14-8-26-28(10-14)11-16(29)20(2,3)30/h6,8,10,13,16,19,29-31H,4-5,7,9,11-12H2,1-3H3/t13-,16?,21+,22-/m0/s1. The number of piperidine rings is 1. The van der Waals surface area contributed by atoms with Crippen molar-refractivity contribution in [3.05, 3.63) is 38.8 Å². The first kappa shape index (κ1) is 25.0. The molecular formula is C22H30ClF2N3O4S. The Bertz CT molecular complexity index is 997. The number of rotatable bonds is 6. The van der Waals surface area contributed by atoms with Crippen molar-refractivity contribution in [3.63, 3.8) is 0 Å². The Morgan fingerprint density at radius 3 is 2.79 bits per heavy atom. The summed E-state index contributed by atoms with van der Waals surface area (Å²) >= 11 is 7.38. The number of fused-ring (bicyclic) bond motifs is 2. The van der Waals surface area contributed by atoms with Gasteiger partial charge in [-0.05, 0) is 39.7 Å². The summed E-state index contributed by atoms with van der Waals surface area (Å²) in [6, 6.07) is 1.53. The highest BCUT2D eigenvalue weighted by Crippen LogP contribution is 2.53. The van der Waals surface area contributed by atoms with E-state index in [-0.39, 0.29) is 18.2 Å². The van der Waals surface area contributed by atoms with Crippen LogP contribution < -0.4 is 0 Å². The first-order valence-electron chi connectivity index (χ1n) is 10.9. The third-order valence-corrected chi connectivity index (χ3v) is 8.26. The van der Waals surface area contributed by atoms with Gasteiger partial charge in [-0.15, -0.1) is 11.3 Å². The van der Waals surface area contributed by atoms with Crippen LogP contribution in [0.1, 0.15) is 49.6 Å². The Morgan fingerprint density at radius 1 is 1.42 bits per heavy atom. The number of halogens is 3. The van der Waals surface area contributed by atoms with Crippen molar-refractivity contribution in [2.45, 2.75) is 82.1 Å². The number of nitrogens with zero attached hydrogens (tertiary/aromatic N) is 3. The van der Waals surface area contributed by atoms with Crippen molar-refractivity contribution in [3.8, 4) is 0 Å². The highest BCUT2D eigenvalue weighted by molar-refractivity contribution is 7.16. The third kappa shape index (κ3) is 4.71. The highest BCUT2D eigenvalue weighted by atomic mass is 35.5.